The number of carbonyl (C=O) groups is 2. The van der Waals surface area contributed by atoms with Crippen LogP contribution >= 0.6 is 0 Å². The summed E-state index contributed by atoms with van der Waals surface area (Å²) in [5.74, 6) is -0.582. The van der Waals surface area contributed by atoms with E-state index in [2.05, 4.69) is 38.2 Å². The monoisotopic (exact) mass is 957 g/mol. The summed E-state index contributed by atoms with van der Waals surface area (Å²) in [6.07, 6.45) is 76.2. The summed E-state index contributed by atoms with van der Waals surface area (Å²) < 4.78 is 10.7. The highest BCUT2D eigenvalue weighted by Gasteiger charge is 2.16. The number of ether oxygens (including phenoxy) is 2. The van der Waals surface area contributed by atoms with Crippen LogP contribution in [0.1, 0.15) is 348 Å². The molecule has 5 nitrogen and oxygen atoms in total. The van der Waals surface area contributed by atoms with Crippen LogP contribution in [-0.4, -0.2) is 36.4 Å². The maximum atomic E-state index is 12.3. The molecule has 0 bridgehead atoms. The van der Waals surface area contributed by atoms with Crippen LogP contribution in [0.15, 0.2) is 24.3 Å². The lowest BCUT2D eigenvalue weighted by atomic mass is 10.0. The van der Waals surface area contributed by atoms with Gasteiger partial charge in [-0.2, -0.15) is 0 Å². The van der Waals surface area contributed by atoms with E-state index in [4.69, 9.17) is 9.47 Å². The first-order chi connectivity index (χ1) is 33.6. The maximum Gasteiger partial charge on any atom is 0.306 e. The second kappa shape index (κ2) is 59.7. The third-order valence-electron chi connectivity index (χ3n) is 14.2. The molecular weight excluding hydrogens is 837 g/mol. The minimum atomic E-state index is -0.773. The van der Waals surface area contributed by atoms with Crippen LogP contribution in [0.3, 0.4) is 0 Å². The van der Waals surface area contributed by atoms with E-state index >= 15 is 0 Å². The molecule has 0 aromatic heterocycles. The van der Waals surface area contributed by atoms with Crippen molar-refractivity contribution >= 4 is 11.9 Å². The van der Waals surface area contributed by atoms with Gasteiger partial charge < -0.3 is 14.6 Å². The molecule has 0 aromatic rings. The SMILES string of the molecule is CCCCC/C=C\C/C=C\CCCCCCCCCC(=O)OC(CO)COC(=O)CCCCCCCCCCCCCCCCCCCCCCCCCCCCCCCCCCCCCCC. The molecule has 0 aliphatic heterocycles. The molecule has 0 saturated carbocycles. The Balaban J connectivity index is 3.35. The first-order valence-corrected chi connectivity index (χ1v) is 30.9. The number of esters is 2. The van der Waals surface area contributed by atoms with Gasteiger partial charge in [0, 0.05) is 12.8 Å². The van der Waals surface area contributed by atoms with Crippen molar-refractivity contribution in [1.82, 2.24) is 0 Å². The van der Waals surface area contributed by atoms with Crippen LogP contribution < -0.4 is 0 Å². The van der Waals surface area contributed by atoms with E-state index in [0.29, 0.717) is 12.8 Å². The largest absolute Gasteiger partial charge is 0.462 e. The van der Waals surface area contributed by atoms with Crippen molar-refractivity contribution in [2.24, 2.45) is 0 Å². The second-order valence-corrected chi connectivity index (χ2v) is 21.1. The molecule has 0 aliphatic carbocycles. The summed E-state index contributed by atoms with van der Waals surface area (Å²) in [5.41, 5.74) is 0. The van der Waals surface area contributed by atoms with Gasteiger partial charge in [-0.15, -0.1) is 0 Å². The van der Waals surface area contributed by atoms with E-state index in [0.717, 1.165) is 44.9 Å². The van der Waals surface area contributed by atoms with Crippen molar-refractivity contribution in [2.45, 2.75) is 354 Å². The van der Waals surface area contributed by atoms with Crippen LogP contribution in [0, 0.1) is 0 Å². The lowest BCUT2D eigenvalue weighted by molar-refractivity contribution is -0.161. The maximum absolute atomic E-state index is 12.3. The molecule has 0 fully saturated rings. The Bertz CT molecular complexity index is 1040. The molecule has 68 heavy (non-hydrogen) atoms. The van der Waals surface area contributed by atoms with E-state index in [-0.39, 0.29) is 25.2 Å². The molecule has 0 heterocycles. The van der Waals surface area contributed by atoms with Crippen LogP contribution in [-0.2, 0) is 19.1 Å². The minimum absolute atomic E-state index is 0.0638. The zero-order chi connectivity index (χ0) is 49.2. The Morgan fingerprint density at radius 1 is 0.338 bits per heavy atom. The van der Waals surface area contributed by atoms with Crippen molar-refractivity contribution in [3.8, 4) is 0 Å². The highest BCUT2D eigenvalue weighted by Crippen LogP contribution is 2.18. The number of aliphatic hydroxyl groups is 1. The van der Waals surface area contributed by atoms with Gasteiger partial charge in [0.1, 0.15) is 6.61 Å². The van der Waals surface area contributed by atoms with Gasteiger partial charge in [0.15, 0.2) is 6.10 Å². The van der Waals surface area contributed by atoms with Crippen molar-refractivity contribution in [1.29, 1.82) is 0 Å². The quantitative estimate of drug-likeness (QED) is 0.0374. The molecule has 0 amide bonds. The molecule has 1 atom stereocenters. The van der Waals surface area contributed by atoms with Gasteiger partial charge in [-0.3, -0.25) is 9.59 Å². The van der Waals surface area contributed by atoms with E-state index in [1.165, 1.54) is 276 Å². The molecule has 0 aliphatic rings. The third kappa shape index (κ3) is 57.0. The summed E-state index contributed by atoms with van der Waals surface area (Å²) in [6.45, 7) is 4.16. The average Bonchev–Trinajstić information content (AvgIpc) is 3.34. The van der Waals surface area contributed by atoms with Crippen molar-refractivity contribution < 1.29 is 24.2 Å². The molecule has 0 saturated heterocycles. The number of hydrogen-bond acceptors (Lipinski definition) is 5. The summed E-state index contributed by atoms with van der Waals surface area (Å²) in [6, 6.07) is 0. The number of carbonyl (C=O) groups excluding carboxylic acids is 2. The number of unbranched alkanes of at least 4 members (excludes halogenated alkanes) is 46. The molecule has 402 valence electrons. The van der Waals surface area contributed by atoms with Gasteiger partial charge >= 0.3 is 11.9 Å². The Labute approximate surface area is 425 Å². The van der Waals surface area contributed by atoms with Crippen LogP contribution in [0.25, 0.3) is 0 Å². The lowest BCUT2D eigenvalue weighted by Crippen LogP contribution is -2.28. The van der Waals surface area contributed by atoms with Gasteiger partial charge in [-0.05, 0) is 44.9 Å². The average molecular weight is 958 g/mol. The summed E-state index contributed by atoms with van der Waals surface area (Å²) in [5, 5.41) is 9.64. The van der Waals surface area contributed by atoms with Gasteiger partial charge in [-0.1, -0.05) is 314 Å². The Hall–Kier alpha value is -1.62. The minimum Gasteiger partial charge on any atom is -0.462 e. The normalized spacial score (nSPS) is 12.2. The fourth-order valence-electron chi connectivity index (χ4n) is 9.59. The van der Waals surface area contributed by atoms with Crippen molar-refractivity contribution in [3.05, 3.63) is 24.3 Å². The highest BCUT2D eigenvalue weighted by molar-refractivity contribution is 5.70. The van der Waals surface area contributed by atoms with E-state index in [1.54, 1.807) is 0 Å². The summed E-state index contributed by atoms with van der Waals surface area (Å²) >= 11 is 0. The number of hydrogen-bond donors (Lipinski definition) is 1. The second-order valence-electron chi connectivity index (χ2n) is 21.1. The van der Waals surface area contributed by atoms with E-state index < -0.39 is 6.10 Å². The fraction of sp³-hybridized carbons (Fsp3) is 0.905. The Morgan fingerprint density at radius 3 is 0.897 bits per heavy atom. The molecule has 0 aromatic carbocycles. The Kier molecular flexibility index (Phi) is 58.3. The molecular formula is C63H120O5. The number of allylic oxidation sites excluding steroid dienone is 4. The Morgan fingerprint density at radius 2 is 0.588 bits per heavy atom. The van der Waals surface area contributed by atoms with E-state index in [1.807, 2.05) is 0 Å². The molecule has 1 N–H and O–H groups in total. The smallest absolute Gasteiger partial charge is 0.306 e. The number of rotatable bonds is 58. The highest BCUT2D eigenvalue weighted by atomic mass is 16.6. The molecule has 0 rings (SSSR count). The fourth-order valence-corrected chi connectivity index (χ4v) is 9.59. The van der Waals surface area contributed by atoms with Gasteiger partial charge in [0.05, 0.1) is 6.61 Å². The van der Waals surface area contributed by atoms with Gasteiger partial charge in [0.2, 0.25) is 0 Å². The lowest BCUT2D eigenvalue weighted by Gasteiger charge is -2.15. The first kappa shape index (κ1) is 66.4. The number of aliphatic hydroxyl groups excluding tert-OH is 1. The van der Waals surface area contributed by atoms with Crippen molar-refractivity contribution in [3.63, 3.8) is 0 Å². The zero-order valence-corrected chi connectivity index (χ0v) is 46.2. The molecule has 5 heteroatoms. The van der Waals surface area contributed by atoms with Crippen LogP contribution in [0.5, 0.6) is 0 Å². The molecule has 1 unspecified atom stereocenters. The van der Waals surface area contributed by atoms with Crippen LogP contribution in [0.4, 0.5) is 0 Å². The molecule has 0 radical (unpaired) electrons. The van der Waals surface area contributed by atoms with E-state index in [9.17, 15) is 14.7 Å². The predicted molar refractivity (Wildman–Crippen MR) is 298 cm³/mol. The first-order valence-electron chi connectivity index (χ1n) is 30.9. The van der Waals surface area contributed by atoms with Gasteiger partial charge in [0.25, 0.3) is 0 Å². The topological polar surface area (TPSA) is 72.8 Å². The van der Waals surface area contributed by atoms with Crippen LogP contribution in [0.2, 0.25) is 0 Å². The van der Waals surface area contributed by atoms with Crippen molar-refractivity contribution in [2.75, 3.05) is 13.2 Å². The summed E-state index contributed by atoms with van der Waals surface area (Å²) in [4.78, 5) is 24.5. The standard InChI is InChI=1S/C63H120O5/c1-3-5-7-9-11-13-15-17-19-21-22-23-24-25-26-27-28-29-30-31-32-33-34-35-36-37-38-39-40-42-43-45-47-49-51-53-55-57-62(65)67-60-61(59-64)68-63(66)58-56-54-52-50-48-46-44-41-20-18-16-14-12-10-8-6-4-2/h12,14,18,20,61,64H,3-11,13,15-17,19,21-60H2,1-2H3/b14-12-,20-18-. The third-order valence-corrected chi connectivity index (χ3v) is 14.2. The summed E-state index contributed by atoms with van der Waals surface area (Å²) in [7, 11) is 0. The zero-order valence-electron chi connectivity index (χ0n) is 46.2. The van der Waals surface area contributed by atoms with Gasteiger partial charge in [-0.25, -0.2) is 0 Å². The predicted octanol–water partition coefficient (Wildman–Crippen LogP) is 20.9. The molecule has 0 spiro atoms.